The number of carboxylic acid groups (broad SMARTS) is 1. The minimum absolute atomic E-state index is 0.150. The second-order valence-electron chi connectivity index (χ2n) is 2.39. The molecule has 0 aliphatic carbocycles. The van der Waals surface area contributed by atoms with E-state index in [9.17, 15) is 9.59 Å². The van der Waals surface area contributed by atoms with Gasteiger partial charge in [0.15, 0.2) is 0 Å². The summed E-state index contributed by atoms with van der Waals surface area (Å²) >= 11 is 0. The maximum absolute atomic E-state index is 10.3. The smallest absolute Gasteiger partial charge is 0.320 e. The Morgan fingerprint density at radius 3 is 2.42 bits per heavy atom. The predicted molar refractivity (Wildman–Crippen MR) is 40.3 cm³/mol. The van der Waals surface area contributed by atoms with Gasteiger partial charge >= 0.3 is 5.97 Å². The number of primary amides is 1. The number of carbonyl (C=O) groups is 2. The first kappa shape index (κ1) is 10.9. The van der Waals surface area contributed by atoms with E-state index in [1.165, 1.54) is 6.92 Å². The molecule has 0 aromatic heterocycles. The number of nitrogens with two attached hydrogens (primary N) is 1. The van der Waals surface area contributed by atoms with Crippen molar-refractivity contribution < 1.29 is 19.8 Å². The lowest BCUT2D eigenvalue weighted by Crippen LogP contribution is -2.43. The lowest BCUT2D eigenvalue weighted by atomic mass is 10.3. The lowest BCUT2D eigenvalue weighted by molar-refractivity contribution is -0.139. The first-order chi connectivity index (χ1) is 5.45. The summed E-state index contributed by atoms with van der Waals surface area (Å²) < 4.78 is 0. The molecule has 0 fully saturated rings. The van der Waals surface area contributed by atoms with Gasteiger partial charge in [-0.05, 0) is 6.92 Å². The summed E-state index contributed by atoms with van der Waals surface area (Å²) in [5.41, 5.74) is 4.72. The molecule has 0 heterocycles. The van der Waals surface area contributed by atoms with Gasteiger partial charge in [0.05, 0.1) is 0 Å². The zero-order valence-corrected chi connectivity index (χ0v) is 6.65. The molecule has 0 bridgehead atoms. The summed E-state index contributed by atoms with van der Waals surface area (Å²) in [5, 5.41) is 19.6. The van der Waals surface area contributed by atoms with Crippen LogP contribution in [0.1, 0.15) is 6.92 Å². The molecule has 0 saturated heterocycles. The molecule has 2 unspecified atom stereocenters. The molecule has 0 spiro atoms. The van der Waals surface area contributed by atoms with Crippen molar-refractivity contribution in [1.29, 1.82) is 0 Å². The molecule has 0 aromatic rings. The van der Waals surface area contributed by atoms with Crippen LogP contribution in [0.15, 0.2) is 0 Å². The van der Waals surface area contributed by atoms with Crippen LogP contribution in [-0.2, 0) is 9.59 Å². The van der Waals surface area contributed by atoms with Gasteiger partial charge in [0.1, 0.15) is 12.1 Å². The van der Waals surface area contributed by atoms with Crippen molar-refractivity contribution >= 4 is 11.9 Å². The van der Waals surface area contributed by atoms with E-state index >= 15 is 0 Å². The number of aliphatic hydroxyl groups is 1. The van der Waals surface area contributed by atoms with E-state index in [0.717, 1.165) is 0 Å². The van der Waals surface area contributed by atoms with Crippen molar-refractivity contribution in [3.05, 3.63) is 0 Å². The number of amides is 1. The molecule has 0 aliphatic heterocycles. The minimum Gasteiger partial charge on any atom is -0.480 e. The highest BCUT2D eigenvalue weighted by atomic mass is 16.4. The van der Waals surface area contributed by atoms with Gasteiger partial charge in [-0.1, -0.05) is 0 Å². The van der Waals surface area contributed by atoms with Crippen molar-refractivity contribution in [2.75, 3.05) is 6.54 Å². The maximum Gasteiger partial charge on any atom is 0.320 e. The van der Waals surface area contributed by atoms with E-state index in [1.54, 1.807) is 0 Å². The van der Waals surface area contributed by atoms with Crippen LogP contribution in [0, 0.1) is 0 Å². The Balaban J connectivity index is 3.68. The Morgan fingerprint density at radius 2 is 2.08 bits per heavy atom. The molecule has 1 amide bonds. The van der Waals surface area contributed by atoms with Gasteiger partial charge in [-0.2, -0.15) is 0 Å². The van der Waals surface area contributed by atoms with E-state index in [-0.39, 0.29) is 6.54 Å². The molecular formula is C6H12N2O4. The number of carbonyl (C=O) groups excluding carboxylic acids is 1. The summed E-state index contributed by atoms with van der Waals surface area (Å²) in [4.78, 5) is 20.5. The molecular weight excluding hydrogens is 164 g/mol. The second-order valence-corrected chi connectivity index (χ2v) is 2.39. The first-order valence-corrected chi connectivity index (χ1v) is 3.38. The molecule has 0 saturated carbocycles. The Kier molecular flexibility index (Phi) is 4.24. The summed E-state index contributed by atoms with van der Waals surface area (Å²) in [6.45, 7) is 1.25. The van der Waals surface area contributed by atoms with E-state index in [1.807, 2.05) is 0 Å². The van der Waals surface area contributed by atoms with Gasteiger partial charge < -0.3 is 21.3 Å². The Bertz CT molecular complexity index is 162. The summed E-state index contributed by atoms with van der Waals surface area (Å²) in [6.07, 6.45) is -1.34. The van der Waals surface area contributed by atoms with Gasteiger partial charge in [0.25, 0.3) is 0 Å². The number of aliphatic hydroxyl groups excluding tert-OH is 1. The molecule has 0 aromatic carbocycles. The second kappa shape index (κ2) is 4.68. The Labute approximate surface area is 69.4 Å². The van der Waals surface area contributed by atoms with Crippen LogP contribution in [0.4, 0.5) is 0 Å². The Hall–Kier alpha value is -1.14. The predicted octanol–water partition coefficient (Wildman–Crippen LogP) is -2.10. The van der Waals surface area contributed by atoms with Crippen molar-refractivity contribution in [3.63, 3.8) is 0 Å². The van der Waals surface area contributed by atoms with Crippen molar-refractivity contribution in [2.45, 2.75) is 19.1 Å². The van der Waals surface area contributed by atoms with E-state index < -0.39 is 24.0 Å². The fourth-order valence-corrected chi connectivity index (χ4v) is 0.476. The normalized spacial score (nSPS) is 15.2. The van der Waals surface area contributed by atoms with Crippen LogP contribution in [0.3, 0.4) is 0 Å². The molecule has 5 N–H and O–H groups in total. The van der Waals surface area contributed by atoms with Crippen LogP contribution in [0.2, 0.25) is 0 Å². The van der Waals surface area contributed by atoms with E-state index in [2.05, 4.69) is 5.32 Å². The monoisotopic (exact) mass is 176 g/mol. The van der Waals surface area contributed by atoms with Gasteiger partial charge in [0, 0.05) is 6.54 Å². The highest BCUT2D eigenvalue weighted by Crippen LogP contribution is 1.83. The van der Waals surface area contributed by atoms with Crippen molar-refractivity contribution in [1.82, 2.24) is 5.32 Å². The van der Waals surface area contributed by atoms with Gasteiger partial charge in [0.2, 0.25) is 5.91 Å². The zero-order chi connectivity index (χ0) is 9.72. The molecule has 12 heavy (non-hydrogen) atoms. The summed E-state index contributed by atoms with van der Waals surface area (Å²) in [6, 6.07) is -0.806. The molecule has 0 radical (unpaired) electrons. The summed E-state index contributed by atoms with van der Waals surface area (Å²) in [7, 11) is 0. The van der Waals surface area contributed by atoms with Gasteiger partial charge in [-0.25, -0.2) is 0 Å². The van der Waals surface area contributed by atoms with Crippen molar-refractivity contribution in [2.24, 2.45) is 5.73 Å². The molecule has 70 valence electrons. The number of rotatable bonds is 5. The van der Waals surface area contributed by atoms with Crippen LogP contribution in [0.25, 0.3) is 0 Å². The molecule has 0 rings (SSSR count). The maximum atomic E-state index is 10.3. The SMILES string of the molecule is CC(NCC(O)C(N)=O)C(=O)O. The molecule has 6 nitrogen and oxygen atoms in total. The largest absolute Gasteiger partial charge is 0.480 e. The lowest BCUT2D eigenvalue weighted by Gasteiger charge is -2.10. The fourth-order valence-electron chi connectivity index (χ4n) is 0.476. The van der Waals surface area contributed by atoms with Gasteiger partial charge in [-0.3, -0.25) is 9.59 Å². The third-order valence-electron chi connectivity index (χ3n) is 1.32. The average Bonchev–Trinajstić information content (AvgIpc) is 1.98. The highest BCUT2D eigenvalue weighted by molar-refractivity contribution is 5.79. The molecule has 6 heteroatoms. The van der Waals surface area contributed by atoms with Gasteiger partial charge in [-0.15, -0.1) is 0 Å². The quantitative estimate of drug-likeness (QED) is 0.383. The number of hydrogen-bond acceptors (Lipinski definition) is 4. The standard InChI is InChI=1S/C6H12N2O4/c1-3(6(11)12)8-2-4(9)5(7)10/h3-4,8-9H,2H2,1H3,(H2,7,10)(H,11,12). The topological polar surface area (TPSA) is 113 Å². The summed E-state index contributed by atoms with van der Waals surface area (Å²) in [5.74, 6) is -1.92. The third-order valence-corrected chi connectivity index (χ3v) is 1.32. The van der Waals surface area contributed by atoms with Crippen LogP contribution in [0.5, 0.6) is 0 Å². The minimum atomic E-state index is -1.34. The van der Waals surface area contributed by atoms with Crippen LogP contribution in [-0.4, -0.2) is 40.8 Å². The molecule has 0 aliphatic rings. The van der Waals surface area contributed by atoms with Crippen LogP contribution >= 0.6 is 0 Å². The number of nitrogens with one attached hydrogen (secondary N) is 1. The third kappa shape index (κ3) is 3.89. The van der Waals surface area contributed by atoms with Crippen LogP contribution < -0.4 is 11.1 Å². The first-order valence-electron chi connectivity index (χ1n) is 3.38. The zero-order valence-electron chi connectivity index (χ0n) is 6.65. The fraction of sp³-hybridized carbons (Fsp3) is 0.667. The average molecular weight is 176 g/mol. The highest BCUT2D eigenvalue weighted by Gasteiger charge is 2.15. The van der Waals surface area contributed by atoms with E-state index in [4.69, 9.17) is 15.9 Å². The number of carboxylic acids is 1. The van der Waals surface area contributed by atoms with Crippen molar-refractivity contribution in [3.8, 4) is 0 Å². The number of hydrogen-bond donors (Lipinski definition) is 4. The molecule has 2 atom stereocenters. The number of aliphatic carboxylic acids is 1. The Morgan fingerprint density at radius 1 is 1.58 bits per heavy atom. The van der Waals surface area contributed by atoms with E-state index in [0.29, 0.717) is 0 Å².